The Morgan fingerprint density at radius 1 is 1.10 bits per heavy atom. The Labute approximate surface area is 171 Å². The van der Waals surface area contributed by atoms with Crippen LogP contribution in [0.15, 0.2) is 36.8 Å². The summed E-state index contributed by atoms with van der Waals surface area (Å²) in [5.41, 5.74) is 0.426. The van der Waals surface area contributed by atoms with E-state index >= 15 is 0 Å². The fourth-order valence-corrected chi connectivity index (χ4v) is 2.42. The van der Waals surface area contributed by atoms with Crippen LogP contribution in [0.5, 0.6) is 5.88 Å². The number of anilines is 1. The van der Waals surface area contributed by atoms with Crippen molar-refractivity contribution in [2.24, 2.45) is 0 Å². The van der Waals surface area contributed by atoms with Crippen LogP contribution in [0.3, 0.4) is 0 Å². The minimum atomic E-state index is -1.19. The molecular weight excluding hydrogens is 392 g/mol. The number of carbonyl (C=O) groups is 2. The Hall–Kier alpha value is -4.02. The zero-order valence-corrected chi connectivity index (χ0v) is 16.8. The molecule has 0 saturated heterocycles. The number of hydrogen-bond acceptors (Lipinski definition) is 8. The first-order chi connectivity index (χ1) is 14.2. The van der Waals surface area contributed by atoms with Crippen molar-refractivity contribution in [1.29, 1.82) is 0 Å². The average Bonchev–Trinajstić information content (AvgIpc) is 3.13. The van der Waals surface area contributed by atoms with E-state index in [4.69, 9.17) is 9.47 Å². The number of aromatic nitrogens is 5. The number of carboxylic acid groups (broad SMARTS) is 1. The third kappa shape index (κ3) is 4.87. The highest BCUT2D eigenvalue weighted by molar-refractivity contribution is 5.87. The van der Waals surface area contributed by atoms with Crippen molar-refractivity contribution >= 4 is 17.9 Å². The molecule has 1 amide bonds. The van der Waals surface area contributed by atoms with Crippen LogP contribution < -0.4 is 10.1 Å². The van der Waals surface area contributed by atoms with Gasteiger partial charge in [0.15, 0.2) is 11.5 Å². The molecule has 0 radical (unpaired) electrons. The molecule has 0 unspecified atom stereocenters. The maximum Gasteiger partial charge on any atom is 0.413 e. The van der Waals surface area contributed by atoms with Crippen molar-refractivity contribution < 1.29 is 24.2 Å². The molecule has 11 heteroatoms. The fourth-order valence-electron chi connectivity index (χ4n) is 2.42. The monoisotopic (exact) mass is 412 g/mol. The van der Waals surface area contributed by atoms with Crippen molar-refractivity contribution in [2.75, 3.05) is 12.4 Å². The van der Waals surface area contributed by atoms with Gasteiger partial charge in [0.2, 0.25) is 5.88 Å². The van der Waals surface area contributed by atoms with Crippen molar-refractivity contribution in [3.8, 4) is 23.0 Å². The van der Waals surface area contributed by atoms with Crippen molar-refractivity contribution in [1.82, 2.24) is 24.7 Å². The first kappa shape index (κ1) is 20.7. The molecule has 11 nitrogen and oxygen atoms in total. The maximum absolute atomic E-state index is 11.9. The van der Waals surface area contributed by atoms with Gasteiger partial charge in [0.1, 0.15) is 11.3 Å². The smallest absolute Gasteiger partial charge is 0.413 e. The summed E-state index contributed by atoms with van der Waals surface area (Å²) in [6, 6.07) is 4.68. The lowest BCUT2D eigenvalue weighted by Gasteiger charge is -2.19. The molecule has 156 valence electrons. The van der Waals surface area contributed by atoms with Crippen molar-refractivity contribution in [2.45, 2.75) is 26.4 Å². The average molecular weight is 412 g/mol. The van der Waals surface area contributed by atoms with Gasteiger partial charge in [-0.15, -0.1) is 0 Å². The molecule has 3 aromatic rings. The molecule has 0 aliphatic carbocycles. The van der Waals surface area contributed by atoms with Gasteiger partial charge in [-0.1, -0.05) is 0 Å². The molecular formula is C19H20N6O5. The summed E-state index contributed by atoms with van der Waals surface area (Å²) in [6.07, 6.45) is 3.56. The third-order valence-corrected chi connectivity index (χ3v) is 3.65. The van der Waals surface area contributed by atoms with Crippen LogP contribution in [0.25, 0.3) is 17.1 Å². The van der Waals surface area contributed by atoms with E-state index < -0.39 is 17.7 Å². The summed E-state index contributed by atoms with van der Waals surface area (Å²) in [4.78, 5) is 35.8. The minimum Gasteiger partial charge on any atom is -0.481 e. The number of rotatable bonds is 5. The van der Waals surface area contributed by atoms with Crippen LogP contribution in [0.1, 0.15) is 31.3 Å². The van der Waals surface area contributed by atoms with E-state index in [1.807, 2.05) is 0 Å². The quantitative estimate of drug-likeness (QED) is 0.647. The van der Waals surface area contributed by atoms with E-state index in [0.29, 0.717) is 23.0 Å². The predicted molar refractivity (Wildman–Crippen MR) is 106 cm³/mol. The summed E-state index contributed by atoms with van der Waals surface area (Å²) < 4.78 is 11.6. The molecule has 0 aromatic carbocycles. The number of amides is 1. The van der Waals surface area contributed by atoms with E-state index in [9.17, 15) is 14.7 Å². The Balaban J connectivity index is 1.91. The summed E-state index contributed by atoms with van der Waals surface area (Å²) >= 11 is 0. The molecule has 2 N–H and O–H groups in total. The van der Waals surface area contributed by atoms with Crippen LogP contribution in [0.4, 0.5) is 10.6 Å². The lowest BCUT2D eigenvalue weighted by molar-refractivity contribution is 0.0633. The fraction of sp³-hybridized carbons (Fsp3) is 0.263. The molecule has 0 saturated carbocycles. The van der Waals surface area contributed by atoms with Gasteiger partial charge >= 0.3 is 12.1 Å². The second kappa shape index (κ2) is 8.15. The number of carbonyl (C=O) groups excluding carboxylic acids is 1. The number of pyridine rings is 1. The number of carboxylic acids is 1. The zero-order chi connectivity index (χ0) is 21.9. The molecule has 0 aliphatic rings. The highest BCUT2D eigenvalue weighted by atomic mass is 16.6. The van der Waals surface area contributed by atoms with Gasteiger partial charge in [-0.3, -0.25) is 5.32 Å². The molecule has 0 bridgehead atoms. The summed E-state index contributed by atoms with van der Waals surface area (Å²) in [6.45, 7) is 5.24. The van der Waals surface area contributed by atoms with Gasteiger partial charge in [0.25, 0.3) is 0 Å². The highest BCUT2D eigenvalue weighted by Crippen LogP contribution is 2.23. The van der Waals surface area contributed by atoms with Gasteiger partial charge in [-0.2, -0.15) is 5.10 Å². The van der Waals surface area contributed by atoms with Gasteiger partial charge < -0.3 is 14.6 Å². The number of nitrogens with one attached hydrogen (secondary N) is 1. The van der Waals surface area contributed by atoms with Gasteiger partial charge in [0, 0.05) is 12.1 Å². The molecule has 3 heterocycles. The topological polar surface area (TPSA) is 141 Å². The van der Waals surface area contributed by atoms with E-state index in [1.54, 1.807) is 32.9 Å². The SMILES string of the molecule is COc1ccc(-n2nc(C(=O)O)cc2-c2cnc(NC(=O)OC(C)(C)C)cn2)cn1. The van der Waals surface area contributed by atoms with Crippen LogP contribution in [-0.4, -0.2) is 54.6 Å². The second-order valence-electron chi connectivity index (χ2n) is 7.10. The van der Waals surface area contributed by atoms with E-state index in [1.165, 1.54) is 36.4 Å². The van der Waals surface area contributed by atoms with Crippen molar-refractivity contribution in [3.63, 3.8) is 0 Å². The second-order valence-corrected chi connectivity index (χ2v) is 7.10. The Kier molecular flexibility index (Phi) is 5.63. The summed E-state index contributed by atoms with van der Waals surface area (Å²) in [7, 11) is 1.49. The van der Waals surface area contributed by atoms with Gasteiger partial charge in [0.05, 0.1) is 37.1 Å². The Morgan fingerprint density at radius 2 is 1.87 bits per heavy atom. The van der Waals surface area contributed by atoms with E-state index in [0.717, 1.165) is 0 Å². The first-order valence-corrected chi connectivity index (χ1v) is 8.82. The third-order valence-electron chi connectivity index (χ3n) is 3.65. The zero-order valence-electron chi connectivity index (χ0n) is 16.8. The van der Waals surface area contributed by atoms with Crippen molar-refractivity contribution in [3.05, 3.63) is 42.5 Å². The summed E-state index contributed by atoms with van der Waals surface area (Å²) in [5, 5.41) is 15.9. The van der Waals surface area contributed by atoms with Crippen LogP contribution in [0, 0.1) is 0 Å². The predicted octanol–water partition coefficient (Wildman–Crippen LogP) is 2.78. The molecule has 0 aliphatic heterocycles. The number of hydrogen-bond donors (Lipinski definition) is 2. The number of nitrogens with zero attached hydrogens (tertiary/aromatic N) is 5. The molecule has 3 rings (SSSR count). The van der Waals surface area contributed by atoms with Crippen LogP contribution in [-0.2, 0) is 4.74 Å². The minimum absolute atomic E-state index is 0.168. The largest absolute Gasteiger partial charge is 0.481 e. The first-order valence-electron chi connectivity index (χ1n) is 8.82. The number of methoxy groups -OCH3 is 1. The standard InChI is InChI=1S/C19H20N6O5/c1-19(2,3)30-18(28)23-15-10-20-13(9-21-15)14-7-12(17(26)27)24-25(14)11-5-6-16(29-4)22-8-11/h5-10H,1-4H3,(H,26,27)(H,21,23,28). The molecule has 0 atom stereocenters. The molecule has 3 aromatic heterocycles. The number of aromatic carboxylic acids is 1. The van der Waals surface area contributed by atoms with Crippen LogP contribution in [0.2, 0.25) is 0 Å². The van der Waals surface area contributed by atoms with Gasteiger partial charge in [-0.05, 0) is 26.8 Å². The lowest BCUT2D eigenvalue weighted by atomic mass is 10.2. The van der Waals surface area contributed by atoms with Crippen LogP contribution >= 0.6 is 0 Å². The Morgan fingerprint density at radius 3 is 2.40 bits per heavy atom. The van der Waals surface area contributed by atoms with Gasteiger partial charge in [-0.25, -0.2) is 29.2 Å². The highest BCUT2D eigenvalue weighted by Gasteiger charge is 2.19. The molecule has 0 spiro atoms. The number of ether oxygens (including phenoxy) is 2. The molecule has 30 heavy (non-hydrogen) atoms. The normalized spacial score (nSPS) is 11.1. The van der Waals surface area contributed by atoms with E-state index in [2.05, 4.69) is 25.4 Å². The Bertz CT molecular complexity index is 1050. The maximum atomic E-state index is 11.9. The summed E-state index contributed by atoms with van der Waals surface area (Å²) in [5.74, 6) is -0.598. The lowest BCUT2D eigenvalue weighted by Crippen LogP contribution is -2.27. The molecule has 0 fully saturated rings. The van der Waals surface area contributed by atoms with E-state index in [-0.39, 0.29) is 11.5 Å².